The molecule has 0 saturated carbocycles. The zero-order chi connectivity index (χ0) is 30.4. The summed E-state index contributed by atoms with van der Waals surface area (Å²) in [7, 11) is 0. The van der Waals surface area contributed by atoms with E-state index in [1.165, 1.54) is 18.2 Å². The van der Waals surface area contributed by atoms with E-state index in [0.29, 0.717) is 34.1 Å². The van der Waals surface area contributed by atoms with E-state index in [1.54, 1.807) is 42.5 Å². The van der Waals surface area contributed by atoms with Crippen LogP contribution in [0.1, 0.15) is 44.2 Å². The molecule has 42 heavy (non-hydrogen) atoms. The van der Waals surface area contributed by atoms with Crippen molar-refractivity contribution in [3.05, 3.63) is 87.7 Å². The number of anilines is 2. The van der Waals surface area contributed by atoms with E-state index in [0.717, 1.165) is 0 Å². The Morgan fingerprint density at radius 2 is 1.81 bits per heavy atom. The fourth-order valence-corrected chi connectivity index (χ4v) is 6.51. The van der Waals surface area contributed by atoms with Gasteiger partial charge in [-0.3, -0.25) is 9.59 Å². The first kappa shape index (κ1) is 29.8. The van der Waals surface area contributed by atoms with Crippen molar-refractivity contribution in [3.63, 3.8) is 0 Å². The minimum atomic E-state index is -1.37. The number of hydrogen-bond acceptors (Lipinski definition) is 5. The lowest BCUT2D eigenvalue weighted by atomic mass is 9.62. The molecule has 1 fully saturated rings. The van der Waals surface area contributed by atoms with Crippen LogP contribution in [0.3, 0.4) is 0 Å². The van der Waals surface area contributed by atoms with Crippen LogP contribution in [0.15, 0.2) is 60.7 Å². The molecule has 1 unspecified atom stereocenters. The van der Waals surface area contributed by atoms with Gasteiger partial charge in [0.05, 0.1) is 11.1 Å². The molecule has 2 aliphatic rings. The van der Waals surface area contributed by atoms with Crippen LogP contribution in [-0.4, -0.2) is 41.6 Å². The molecule has 2 amide bonds. The number of benzene rings is 3. The smallest absolute Gasteiger partial charge is 0.341 e. The van der Waals surface area contributed by atoms with Gasteiger partial charge >= 0.3 is 5.97 Å². The Bertz CT molecular complexity index is 1560. The lowest BCUT2D eigenvalue weighted by Gasteiger charge is -2.37. The number of carbonyl (C=O) groups excluding carboxylic acids is 2. The van der Waals surface area contributed by atoms with Gasteiger partial charge in [-0.15, -0.1) is 0 Å². The Hall–Kier alpha value is -3.66. The zero-order valence-electron chi connectivity index (χ0n) is 23.1. The molecule has 8 nitrogen and oxygen atoms in total. The first-order chi connectivity index (χ1) is 19.8. The lowest BCUT2D eigenvalue weighted by Crippen LogP contribution is -2.49. The van der Waals surface area contributed by atoms with Crippen molar-refractivity contribution >= 4 is 52.4 Å². The average molecular weight is 615 g/mol. The third-order valence-corrected chi connectivity index (χ3v) is 8.23. The van der Waals surface area contributed by atoms with E-state index in [2.05, 4.69) is 16.0 Å². The van der Waals surface area contributed by atoms with Crippen LogP contribution in [0.2, 0.25) is 10.0 Å². The number of carbonyl (C=O) groups is 3. The quantitative estimate of drug-likeness (QED) is 0.260. The van der Waals surface area contributed by atoms with Gasteiger partial charge in [0.15, 0.2) is 6.61 Å². The zero-order valence-corrected chi connectivity index (χ0v) is 24.6. The number of ether oxygens (including phenoxy) is 1. The van der Waals surface area contributed by atoms with E-state index >= 15 is 4.39 Å². The number of carboxylic acid groups (broad SMARTS) is 1. The van der Waals surface area contributed by atoms with Crippen molar-refractivity contribution in [3.8, 4) is 5.75 Å². The number of carboxylic acids is 1. The average Bonchev–Trinajstić information content (AvgIpc) is 3.38. The molecule has 1 spiro atoms. The molecule has 0 radical (unpaired) electrons. The number of nitrogens with one attached hydrogen (secondary N) is 3. The third kappa shape index (κ3) is 5.44. The van der Waals surface area contributed by atoms with E-state index < -0.39 is 47.7 Å². The lowest BCUT2D eigenvalue weighted by molar-refractivity contribution is -0.139. The third-order valence-electron chi connectivity index (χ3n) is 7.71. The Labute approximate surface area is 252 Å². The van der Waals surface area contributed by atoms with Crippen LogP contribution >= 0.6 is 23.2 Å². The normalized spacial score (nSPS) is 23.0. The van der Waals surface area contributed by atoms with Crippen molar-refractivity contribution in [2.75, 3.05) is 17.2 Å². The van der Waals surface area contributed by atoms with Crippen molar-refractivity contribution in [2.45, 2.75) is 50.6 Å². The number of fused-ring (bicyclic) bond motifs is 2. The summed E-state index contributed by atoms with van der Waals surface area (Å²) in [5.41, 5.74) is 0.0502. The molecule has 1 saturated heterocycles. The monoisotopic (exact) mass is 613 g/mol. The number of halogens is 3. The van der Waals surface area contributed by atoms with Crippen molar-refractivity contribution in [1.82, 2.24) is 5.32 Å². The molecule has 3 aromatic rings. The molecule has 0 bridgehead atoms. The molecule has 3 aromatic carbocycles. The van der Waals surface area contributed by atoms with Gasteiger partial charge in [0, 0.05) is 28.4 Å². The van der Waals surface area contributed by atoms with Gasteiger partial charge in [0.1, 0.15) is 17.0 Å². The highest BCUT2D eigenvalue weighted by Crippen LogP contribution is 2.57. The van der Waals surface area contributed by atoms with Gasteiger partial charge in [0.2, 0.25) is 11.8 Å². The number of aliphatic carboxylic acids is 1. The minimum absolute atomic E-state index is 0.118. The van der Waals surface area contributed by atoms with E-state index in [-0.39, 0.29) is 21.9 Å². The summed E-state index contributed by atoms with van der Waals surface area (Å²) in [6.07, 6.45) is 0.487. The predicted octanol–water partition coefficient (Wildman–Crippen LogP) is 5.98. The van der Waals surface area contributed by atoms with E-state index in [1.807, 2.05) is 20.8 Å². The van der Waals surface area contributed by atoms with Crippen molar-refractivity contribution in [1.29, 1.82) is 0 Å². The summed E-state index contributed by atoms with van der Waals surface area (Å²) in [4.78, 5) is 39.0. The highest BCUT2D eigenvalue weighted by atomic mass is 35.5. The second-order valence-corrected chi connectivity index (χ2v) is 12.6. The standard InChI is InChI=1S/C31H30Cl2FN3O5/c1-30(2,3)14-23-31(20-12-7-16(32)13-22(20)36-29(31)41)25(19-5-4-6-21(33)26(19)34)27(37-23)28(40)35-17-8-10-18(11-9-17)42-15-24(38)39/h4-13,23,25,27,37H,14-15H2,1-3H3,(H,35,40)(H,36,41)(H,38,39)/t23-,25-,27+,31?/m0/s1. The molecular weight excluding hydrogens is 584 g/mol. The summed E-state index contributed by atoms with van der Waals surface area (Å²) in [6, 6.07) is 14.3. The van der Waals surface area contributed by atoms with Gasteiger partial charge in [-0.05, 0) is 65.4 Å². The van der Waals surface area contributed by atoms with Gasteiger partial charge in [-0.25, -0.2) is 9.18 Å². The first-order valence-corrected chi connectivity index (χ1v) is 14.1. The fraction of sp³-hybridized carbons (Fsp3) is 0.323. The second-order valence-electron chi connectivity index (χ2n) is 11.8. The maximum atomic E-state index is 15.9. The Morgan fingerprint density at radius 1 is 1.10 bits per heavy atom. The molecule has 2 heterocycles. The van der Waals surface area contributed by atoms with Crippen molar-refractivity contribution in [2.24, 2.45) is 5.41 Å². The maximum absolute atomic E-state index is 15.9. The SMILES string of the molecule is CC(C)(C)C[C@@H]1N[C@@H](C(=O)Nc2ccc(OCC(=O)O)cc2)[C@H](c2cccc(Cl)c2F)C12C(=O)Nc1cc(Cl)ccc12. The van der Waals surface area contributed by atoms with Gasteiger partial charge in [-0.2, -0.15) is 0 Å². The molecule has 220 valence electrons. The van der Waals surface area contributed by atoms with Gasteiger partial charge in [0.25, 0.3) is 0 Å². The molecule has 2 aliphatic heterocycles. The molecule has 11 heteroatoms. The van der Waals surface area contributed by atoms with Crippen molar-refractivity contribution < 1.29 is 28.6 Å². The van der Waals surface area contributed by atoms with E-state index in [4.69, 9.17) is 33.0 Å². The van der Waals surface area contributed by atoms with Crippen LogP contribution in [0.5, 0.6) is 5.75 Å². The molecule has 4 N–H and O–H groups in total. The fourth-order valence-electron chi connectivity index (χ4n) is 6.15. The number of amides is 2. The highest BCUT2D eigenvalue weighted by Gasteiger charge is 2.66. The predicted molar refractivity (Wildman–Crippen MR) is 159 cm³/mol. The van der Waals surface area contributed by atoms with Crippen LogP contribution in [-0.2, 0) is 19.8 Å². The minimum Gasteiger partial charge on any atom is -0.482 e. The van der Waals surface area contributed by atoms with Crippen LogP contribution in [0.4, 0.5) is 15.8 Å². The first-order valence-electron chi connectivity index (χ1n) is 13.4. The van der Waals surface area contributed by atoms with Crippen LogP contribution in [0.25, 0.3) is 0 Å². The molecule has 4 atom stereocenters. The molecule has 0 aromatic heterocycles. The summed E-state index contributed by atoms with van der Waals surface area (Å²) >= 11 is 12.5. The topological polar surface area (TPSA) is 117 Å². The highest BCUT2D eigenvalue weighted by molar-refractivity contribution is 6.31. The number of rotatable bonds is 7. The summed E-state index contributed by atoms with van der Waals surface area (Å²) in [5, 5.41) is 18.4. The second kappa shape index (κ2) is 11.2. The van der Waals surface area contributed by atoms with Crippen LogP contribution < -0.4 is 20.7 Å². The Morgan fingerprint density at radius 3 is 2.48 bits per heavy atom. The summed E-state index contributed by atoms with van der Waals surface area (Å²) < 4.78 is 21.0. The Balaban J connectivity index is 1.62. The Kier molecular flexibility index (Phi) is 7.96. The summed E-state index contributed by atoms with van der Waals surface area (Å²) in [6.45, 7) is 5.60. The number of hydrogen-bond donors (Lipinski definition) is 4. The molecular formula is C31H30Cl2FN3O5. The molecule has 5 rings (SSSR count). The van der Waals surface area contributed by atoms with E-state index in [9.17, 15) is 14.4 Å². The molecule has 0 aliphatic carbocycles. The van der Waals surface area contributed by atoms with Gasteiger partial charge < -0.3 is 25.8 Å². The summed E-state index contributed by atoms with van der Waals surface area (Å²) in [5.74, 6) is -3.32. The largest absolute Gasteiger partial charge is 0.482 e. The maximum Gasteiger partial charge on any atom is 0.341 e. The van der Waals surface area contributed by atoms with Crippen LogP contribution in [0, 0.1) is 11.2 Å². The van der Waals surface area contributed by atoms with Gasteiger partial charge in [-0.1, -0.05) is 62.2 Å².